The molecule has 0 saturated heterocycles. The van der Waals surface area contributed by atoms with Gasteiger partial charge in [-0.2, -0.15) is 8.42 Å². The number of carbonyl (C=O) groups excluding carboxylic acids is 1. The van der Waals surface area contributed by atoms with Gasteiger partial charge in [0.25, 0.3) is 16.0 Å². The summed E-state index contributed by atoms with van der Waals surface area (Å²) < 4.78 is 58.0. The molecule has 2 aromatic rings. The van der Waals surface area contributed by atoms with E-state index >= 15 is 0 Å². The molecule has 2 atom stereocenters. The Balaban J connectivity index is 1.85. The minimum absolute atomic E-state index is 0.150. The molecular formula is C20H19FN2O6S. The SMILES string of the molecule is COc1cc2c(cc1OC)C(=O)N1C=C(c3ccc(F)cc3)C[C@H]1[C@H](S(=O)(=O)O)N2. The summed E-state index contributed by atoms with van der Waals surface area (Å²) in [5.41, 5.74) is 1.67. The molecule has 0 saturated carbocycles. The lowest BCUT2D eigenvalue weighted by molar-refractivity contribution is 0.0791. The Labute approximate surface area is 172 Å². The molecule has 2 aliphatic rings. The number of fused-ring (bicyclic) bond motifs is 2. The van der Waals surface area contributed by atoms with Crippen LogP contribution in [-0.2, 0) is 10.1 Å². The van der Waals surface area contributed by atoms with Crippen molar-refractivity contribution in [3.8, 4) is 11.5 Å². The molecule has 10 heteroatoms. The Morgan fingerprint density at radius 1 is 1.13 bits per heavy atom. The molecule has 30 heavy (non-hydrogen) atoms. The molecule has 0 aliphatic carbocycles. The third-order valence-corrected chi connectivity index (χ3v) is 6.33. The zero-order valence-electron chi connectivity index (χ0n) is 16.1. The number of hydrogen-bond acceptors (Lipinski definition) is 6. The fourth-order valence-corrected chi connectivity index (χ4v) is 4.70. The number of halogens is 1. The Hall–Kier alpha value is -3.11. The van der Waals surface area contributed by atoms with Crippen LogP contribution < -0.4 is 14.8 Å². The number of ether oxygens (including phenoxy) is 2. The highest BCUT2D eigenvalue weighted by Gasteiger charge is 2.45. The molecule has 2 N–H and O–H groups in total. The van der Waals surface area contributed by atoms with Crippen molar-refractivity contribution in [3.05, 3.63) is 59.5 Å². The van der Waals surface area contributed by atoms with E-state index in [1.54, 1.807) is 12.1 Å². The molecule has 2 aromatic carbocycles. The first-order valence-electron chi connectivity index (χ1n) is 9.01. The largest absolute Gasteiger partial charge is 0.493 e. The lowest BCUT2D eigenvalue weighted by atomic mass is 10.0. The number of nitrogens with one attached hydrogen (secondary N) is 1. The number of rotatable bonds is 4. The second-order valence-corrected chi connectivity index (χ2v) is 8.52. The van der Waals surface area contributed by atoms with Crippen LogP contribution in [0.1, 0.15) is 22.3 Å². The van der Waals surface area contributed by atoms with Gasteiger partial charge in [-0.15, -0.1) is 0 Å². The minimum atomic E-state index is -4.59. The number of carbonyl (C=O) groups is 1. The summed E-state index contributed by atoms with van der Waals surface area (Å²) in [4.78, 5) is 14.6. The third kappa shape index (κ3) is 3.37. The van der Waals surface area contributed by atoms with Crippen molar-refractivity contribution in [1.29, 1.82) is 0 Å². The normalized spacial score (nSPS) is 20.6. The first-order valence-corrected chi connectivity index (χ1v) is 10.5. The average molecular weight is 434 g/mol. The van der Waals surface area contributed by atoms with Crippen LogP contribution in [0.25, 0.3) is 5.57 Å². The Bertz CT molecular complexity index is 1150. The number of nitrogens with zero attached hydrogens (tertiary/aromatic N) is 1. The van der Waals surface area contributed by atoms with Gasteiger partial charge in [0, 0.05) is 12.3 Å². The highest BCUT2D eigenvalue weighted by atomic mass is 32.2. The zero-order chi connectivity index (χ0) is 21.6. The molecule has 0 bridgehead atoms. The third-order valence-electron chi connectivity index (χ3n) is 5.25. The summed E-state index contributed by atoms with van der Waals surface area (Å²) in [6, 6.07) is 7.68. The Morgan fingerprint density at radius 2 is 1.77 bits per heavy atom. The maximum atomic E-state index is 13.3. The molecule has 0 spiro atoms. The lowest BCUT2D eigenvalue weighted by Gasteiger charge is -2.26. The molecule has 0 radical (unpaired) electrons. The second-order valence-electron chi connectivity index (χ2n) is 6.98. The van der Waals surface area contributed by atoms with E-state index in [1.165, 1.54) is 49.6 Å². The van der Waals surface area contributed by atoms with Crippen molar-refractivity contribution in [1.82, 2.24) is 4.90 Å². The molecule has 2 aliphatic heterocycles. The van der Waals surface area contributed by atoms with Crippen LogP contribution in [0.4, 0.5) is 10.1 Å². The second kappa shape index (κ2) is 7.29. The molecule has 0 unspecified atom stereocenters. The van der Waals surface area contributed by atoms with E-state index in [0.717, 1.165) is 0 Å². The summed E-state index contributed by atoms with van der Waals surface area (Å²) in [6.07, 6.45) is 1.68. The van der Waals surface area contributed by atoms with Gasteiger partial charge in [0.2, 0.25) is 0 Å². The number of methoxy groups -OCH3 is 2. The van der Waals surface area contributed by atoms with E-state index in [2.05, 4.69) is 5.32 Å². The summed E-state index contributed by atoms with van der Waals surface area (Å²) >= 11 is 0. The van der Waals surface area contributed by atoms with Crippen LogP contribution >= 0.6 is 0 Å². The molecular weight excluding hydrogens is 415 g/mol. The number of hydrogen-bond donors (Lipinski definition) is 2. The maximum absolute atomic E-state index is 13.3. The smallest absolute Gasteiger partial charge is 0.288 e. The van der Waals surface area contributed by atoms with Crippen LogP contribution in [0.15, 0.2) is 42.6 Å². The molecule has 0 aromatic heterocycles. The number of anilines is 1. The van der Waals surface area contributed by atoms with Gasteiger partial charge in [-0.3, -0.25) is 9.35 Å². The van der Waals surface area contributed by atoms with Crippen LogP contribution in [0, 0.1) is 5.82 Å². The Morgan fingerprint density at radius 3 is 2.37 bits per heavy atom. The van der Waals surface area contributed by atoms with Crippen LogP contribution in [0.3, 0.4) is 0 Å². The van der Waals surface area contributed by atoms with E-state index in [0.29, 0.717) is 22.6 Å². The minimum Gasteiger partial charge on any atom is -0.493 e. The van der Waals surface area contributed by atoms with Crippen molar-refractivity contribution < 1.29 is 31.6 Å². The van der Waals surface area contributed by atoms with Crippen LogP contribution in [0.5, 0.6) is 11.5 Å². The van der Waals surface area contributed by atoms with Gasteiger partial charge >= 0.3 is 0 Å². The summed E-state index contributed by atoms with van der Waals surface area (Å²) in [5.74, 6) is -0.271. The van der Waals surface area contributed by atoms with Gasteiger partial charge in [-0.05, 0) is 35.8 Å². The number of amides is 1. The van der Waals surface area contributed by atoms with Crippen molar-refractivity contribution in [3.63, 3.8) is 0 Å². The van der Waals surface area contributed by atoms with Crippen molar-refractivity contribution in [2.24, 2.45) is 0 Å². The van der Waals surface area contributed by atoms with Gasteiger partial charge in [0.1, 0.15) is 5.82 Å². The van der Waals surface area contributed by atoms with Gasteiger partial charge in [0.05, 0.1) is 31.5 Å². The maximum Gasteiger partial charge on any atom is 0.288 e. The predicted octanol–water partition coefficient (Wildman–Crippen LogP) is 2.74. The van der Waals surface area contributed by atoms with Crippen LogP contribution in [-0.4, -0.2) is 49.4 Å². The van der Waals surface area contributed by atoms with Crippen LogP contribution in [0.2, 0.25) is 0 Å². The first kappa shape index (κ1) is 20.2. The van der Waals surface area contributed by atoms with Gasteiger partial charge in [-0.1, -0.05) is 12.1 Å². The van der Waals surface area contributed by atoms with E-state index in [-0.39, 0.29) is 17.7 Å². The highest BCUT2D eigenvalue weighted by molar-refractivity contribution is 7.86. The van der Waals surface area contributed by atoms with Crippen molar-refractivity contribution >= 4 is 27.3 Å². The molecule has 158 valence electrons. The topological polar surface area (TPSA) is 105 Å². The van der Waals surface area contributed by atoms with E-state index < -0.39 is 33.3 Å². The quantitative estimate of drug-likeness (QED) is 0.713. The monoisotopic (exact) mass is 434 g/mol. The van der Waals surface area contributed by atoms with E-state index in [9.17, 15) is 22.2 Å². The fraction of sp³-hybridized carbons (Fsp3) is 0.250. The molecule has 8 nitrogen and oxygen atoms in total. The zero-order valence-corrected chi connectivity index (χ0v) is 16.9. The molecule has 1 amide bonds. The Kier molecular flexibility index (Phi) is 4.91. The number of benzene rings is 2. The highest BCUT2D eigenvalue weighted by Crippen LogP contribution is 2.41. The van der Waals surface area contributed by atoms with Gasteiger partial charge in [-0.25, -0.2) is 4.39 Å². The summed E-state index contributed by atoms with van der Waals surface area (Å²) in [5, 5.41) is 1.30. The fourth-order valence-electron chi connectivity index (χ4n) is 3.80. The van der Waals surface area contributed by atoms with E-state index in [4.69, 9.17) is 9.47 Å². The summed E-state index contributed by atoms with van der Waals surface area (Å²) in [6.45, 7) is 0. The van der Waals surface area contributed by atoms with Gasteiger partial charge < -0.3 is 19.7 Å². The molecule has 0 fully saturated rings. The summed E-state index contributed by atoms with van der Waals surface area (Å²) in [7, 11) is -1.75. The van der Waals surface area contributed by atoms with E-state index in [1.807, 2.05) is 0 Å². The standard InChI is InChI=1S/C20H19FN2O6S/c1-28-17-8-14-15(9-18(17)29-2)22-19(30(25,26)27)16-7-12(10-23(16)20(14)24)11-3-5-13(21)6-4-11/h3-6,8-10,16,19,22H,7H2,1-2H3,(H,25,26,27)/t16-,19-/m0/s1. The molecule has 4 rings (SSSR count). The van der Waals surface area contributed by atoms with Crippen molar-refractivity contribution in [2.45, 2.75) is 17.8 Å². The first-order chi connectivity index (χ1) is 14.2. The molecule has 2 heterocycles. The average Bonchev–Trinajstić information content (AvgIpc) is 3.11. The van der Waals surface area contributed by atoms with Crippen molar-refractivity contribution in [2.75, 3.05) is 19.5 Å². The predicted molar refractivity (Wildman–Crippen MR) is 107 cm³/mol. The lowest BCUT2D eigenvalue weighted by Crippen LogP contribution is -2.46. The van der Waals surface area contributed by atoms with Gasteiger partial charge in [0.15, 0.2) is 16.9 Å².